The lowest BCUT2D eigenvalue weighted by atomic mass is 10.1. The van der Waals surface area contributed by atoms with Crippen molar-refractivity contribution >= 4 is 23.8 Å². The summed E-state index contributed by atoms with van der Waals surface area (Å²) in [5.41, 5.74) is 1.08. The van der Waals surface area contributed by atoms with Crippen LogP contribution in [0.15, 0.2) is 29.2 Å². The van der Waals surface area contributed by atoms with E-state index >= 15 is 0 Å². The van der Waals surface area contributed by atoms with E-state index in [1.165, 1.54) is 0 Å². The number of carbonyl (C=O) groups is 2. The van der Waals surface area contributed by atoms with Gasteiger partial charge in [-0.05, 0) is 31.2 Å². The van der Waals surface area contributed by atoms with Crippen molar-refractivity contribution in [1.29, 1.82) is 0 Å². The number of amides is 2. The number of urea groups is 1. The van der Waals surface area contributed by atoms with E-state index in [1.54, 1.807) is 16.7 Å². The molecule has 21 heavy (non-hydrogen) atoms. The fourth-order valence-electron chi connectivity index (χ4n) is 2.52. The lowest BCUT2D eigenvalue weighted by molar-refractivity contribution is -0.141. The second kappa shape index (κ2) is 6.85. The Bertz CT molecular complexity index is 535. The smallest absolute Gasteiger partial charge is 0.317 e. The normalized spacial score (nSPS) is 19.3. The van der Waals surface area contributed by atoms with Gasteiger partial charge in [-0.1, -0.05) is 18.2 Å². The lowest BCUT2D eigenvalue weighted by Crippen LogP contribution is -2.40. The van der Waals surface area contributed by atoms with Crippen molar-refractivity contribution in [3.8, 4) is 0 Å². The summed E-state index contributed by atoms with van der Waals surface area (Å²) in [6.07, 6.45) is 2.53. The van der Waals surface area contributed by atoms with Crippen molar-refractivity contribution in [2.24, 2.45) is 5.92 Å². The van der Waals surface area contributed by atoms with Gasteiger partial charge in [0.15, 0.2) is 0 Å². The van der Waals surface area contributed by atoms with Crippen molar-refractivity contribution in [2.45, 2.75) is 24.3 Å². The number of carboxylic acids is 1. The highest BCUT2D eigenvalue weighted by atomic mass is 32.2. The van der Waals surface area contributed by atoms with E-state index in [4.69, 9.17) is 5.11 Å². The SMILES string of the molecule is CSc1ccccc1[C@@H](C)NC(=O)N1CCC(C(=O)O)C1. The van der Waals surface area contributed by atoms with Gasteiger partial charge in [0.1, 0.15) is 0 Å². The van der Waals surface area contributed by atoms with E-state index in [-0.39, 0.29) is 18.6 Å². The van der Waals surface area contributed by atoms with Crippen LogP contribution in [0.1, 0.15) is 24.9 Å². The van der Waals surface area contributed by atoms with Gasteiger partial charge in [0.05, 0.1) is 12.0 Å². The van der Waals surface area contributed by atoms with E-state index in [2.05, 4.69) is 5.32 Å². The molecule has 6 heteroatoms. The van der Waals surface area contributed by atoms with Crippen LogP contribution in [-0.4, -0.2) is 41.4 Å². The van der Waals surface area contributed by atoms with Crippen molar-refractivity contribution < 1.29 is 14.7 Å². The van der Waals surface area contributed by atoms with Crippen LogP contribution < -0.4 is 5.32 Å². The summed E-state index contributed by atoms with van der Waals surface area (Å²) in [5.74, 6) is -1.27. The third-order valence-electron chi connectivity index (χ3n) is 3.77. The molecule has 5 nitrogen and oxygen atoms in total. The number of likely N-dealkylation sites (tertiary alicyclic amines) is 1. The molecular formula is C15H20N2O3S. The van der Waals surface area contributed by atoms with Gasteiger partial charge in [-0.3, -0.25) is 4.79 Å². The first-order valence-electron chi connectivity index (χ1n) is 6.94. The molecule has 1 saturated heterocycles. The third kappa shape index (κ3) is 3.69. The van der Waals surface area contributed by atoms with Gasteiger partial charge < -0.3 is 15.3 Å². The van der Waals surface area contributed by atoms with E-state index in [1.807, 2.05) is 37.4 Å². The number of carbonyl (C=O) groups excluding carboxylic acids is 1. The number of hydrogen-bond donors (Lipinski definition) is 2. The topological polar surface area (TPSA) is 69.6 Å². The number of aliphatic carboxylic acids is 1. The van der Waals surface area contributed by atoms with Crippen molar-refractivity contribution in [2.75, 3.05) is 19.3 Å². The van der Waals surface area contributed by atoms with Crippen LogP contribution in [0.25, 0.3) is 0 Å². The number of hydrogen-bond acceptors (Lipinski definition) is 3. The Morgan fingerprint density at radius 2 is 2.14 bits per heavy atom. The molecule has 0 aromatic heterocycles. The minimum absolute atomic E-state index is 0.106. The largest absolute Gasteiger partial charge is 0.481 e. The molecule has 0 spiro atoms. The van der Waals surface area contributed by atoms with Crippen molar-refractivity contribution in [3.63, 3.8) is 0 Å². The van der Waals surface area contributed by atoms with Gasteiger partial charge in [0, 0.05) is 18.0 Å². The minimum atomic E-state index is -0.828. The summed E-state index contributed by atoms with van der Waals surface area (Å²) >= 11 is 1.64. The summed E-state index contributed by atoms with van der Waals surface area (Å²) in [5, 5.41) is 11.9. The Labute approximate surface area is 128 Å². The third-order valence-corrected chi connectivity index (χ3v) is 4.58. The quantitative estimate of drug-likeness (QED) is 0.839. The molecule has 1 fully saturated rings. The van der Waals surface area contributed by atoms with Crippen LogP contribution in [-0.2, 0) is 4.79 Å². The maximum atomic E-state index is 12.2. The Morgan fingerprint density at radius 1 is 1.43 bits per heavy atom. The second-order valence-electron chi connectivity index (χ2n) is 5.18. The lowest BCUT2D eigenvalue weighted by Gasteiger charge is -2.22. The first kappa shape index (κ1) is 15.7. The Kier molecular flexibility index (Phi) is 5.12. The highest BCUT2D eigenvalue weighted by Gasteiger charge is 2.31. The Balaban J connectivity index is 1.98. The molecule has 114 valence electrons. The fraction of sp³-hybridized carbons (Fsp3) is 0.467. The van der Waals surface area contributed by atoms with Crippen LogP contribution in [0.4, 0.5) is 4.79 Å². The van der Waals surface area contributed by atoms with Gasteiger partial charge in [0.25, 0.3) is 0 Å². The van der Waals surface area contributed by atoms with Crippen LogP contribution >= 0.6 is 11.8 Å². The van der Waals surface area contributed by atoms with E-state index < -0.39 is 11.9 Å². The Hall–Kier alpha value is -1.69. The molecule has 1 unspecified atom stereocenters. The van der Waals surface area contributed by atoms with E-state index in [0.29, 0.717) is 13.0 Å². The molecular weight excluding hydrogens is 288 g/mol. The average molecular weight is 308 g/mol. The van der Waals surface area contributed by atoms with Gasteiger partial charge in [0.2, 0.25) is 0 Å². The van der Waals surface area contributed by atoms with Crippen molar-refractivity contribution in [3.05, 3.63) is 29.8 Å². The van der Waals surface area contributed by atoms with Crippen LogP contribution in [0.5, 0.6) is 0 Å². The zero-order valence-electron chi connectivity index (χ0n) is 12.2. The van der Waals surface area contributed by atoms with Gasteiger partial charge >= 0.3 is 12.0 Å². The maximum absolute atomic E-state index is 12.2. The zero-order valence-corrected chi connectivity index (χ0v) is 13.0. The molecule has 0 saturated carbocycles. The average Bonchev–Trinajstić information content (AvgIpc) is 2.97. The van der Waals surface area contributed by atoms with Gasteiger partial charge in [-0.2, -0.15) is 0 Å². The van der Waals surface area contributed by atoms with Gasteiger partial charge in [-0.15, -0.1) is 11.8 Å². The highest BCUT2D eigenvalue weighted by Crippen LogP contribution is 2.26. The standard InChI is InChI=1S/C15H20N2O3S/c1-10(12-5-3-4-6-13(12)21-2)16-15(20)17-8-7-11(9-17)14(18)19/h3-6,10-11H,7-9H2,1-2H3,(H,16,20)(H,18,19)/t10-,11?/m1/s1. The summed E-state index contributed by atoms with van der Waals surface area (Å²) in [6.45, 7) is 2.73. The predicted molar refractivity (Wildman–Crippen MR) is 82.5 cm³/mol. The summed E-state index contributed by atoms with van der Waals surface area (Å²) in [4.78, 5) is 25.9. The minimum Gasteiger partial charge on any atom is -0.481 e. The molecule has 0 bridgehead atoms. The van der Waals surface area contributed by atoms with E-state index in [9.17, 15) is 9.59 Å². The van der Waals surface area contributed by atoms with Crippen LogP contribution in [0.2, 0.25) is 0 Å². The number of nitrogens with one attached hydrogen (secondary N) is 1. The summed E-state index contributed by atoms with van der Waals surface area (Å²) in [6, 6.07) is 7.66. The van der Waals surface area contributed by atoms with Crippen LogP contribution in [0.3, 0.4) is 0 Å². The van der Waals surface area contributed by atoms with E-state index in [0.717, 1.165) is 10.5 Å². The maximum Gasteiger partial charge on any atom is 0.317 e. The van der Waals surface area contributed by atoms with Crippen LogP contribution in [0, 0.1) is 5.92 Å². The molecule has 2 atom stereocenters. The van der Waals surface area contributed by atoms with Gasteiger partial charge in [-0.25, -0.2) is 4.79 Å². The molecule has 0 radical (unpaired) electrons. The number of carboxylic acid groups (broad SMARTS) is 1. The predicted octanol–water partition coefficient (Wildman–Crippen LogP) is 2.59. The number of thioether (sulfide) groups is 1. The molecule has 1 aromatic rings. The first-order valence-corrected chi connectivity index (χ1v) is 8.16. The Morgan fingerprint density at radius 3 is 2.76 bits per heavy atom. The first-order chi connectivity index (χ1) is 10.0. The number of benzene rings is 1. The monoisotopic (exact) mass is 308 g/mol. The number of rotatable bonds is 4. The van der Waals surface area contributed by atoms with Crippen molar-refractivity contribution in [1.82, 2.24) is 10.2 Å². The zero-order chi connectivity index (χ0) is 15.4. The molecule has 2 rings (SSSR count). The molecule has 1 aliphatic rings. The molecule has 2 amide bonds. The fourth-order valence-corrected chi connectivity index (χ4v) is 3.22. The molecule has 1 aromatic carbocycles. The highest BCUT2D eigenvalue weighted by molar-refractivity contribution is 7.98. The molecule has 1 aliphatic heterocycles. The second-order valence-corrected chi connectivity index (χ2v) is 6.03. The molecule has 0 aliphatic carbocycles. The summed E-state index contributed by atoms with van der Waals surface area (Å²) < 4.78 is 0. The number of nitrogens with zero attached hydrogens (tertiary/aromatic N) is 1. The summed E-state index contributed by atoms with van der Waals surface area (Å²) in [7, 11) is 0. The molecule has 1 heterocycles. The molecule has 2 N–H and O–H groups in total.